The Hall–Kier alpha value is -2.64. The number of hydrogen-bond acceptors (Lipinski definition) is 5. The molecule has 1 amide bonds. The number of para-hydroxylation sites is 1. The molecule has 0 bridgehead atoms. The lowest BCUT2D eigenvalue weighted by atomic mass is 10.1. The van der Waals surface area contributed by atoms with Gasteiger partial charge >= 0.3 is 0 Å². The summed E-state index contributed by atoms with van der Waals surface area (Å²) in [6.07, 6.45) is 3.69. The van der Waals surface area contributed by atoms with Crippen LogP contribution in [0.4, 0.5) is 17.1 Å². The molecule has 0 radical (unpaired) electrons. The summed E-state index contributed by atoms with van der Waals surface area (Å²) in [7, 11) is 1.91. The van der Waals surface area contributed by atoms with Gasteiger partial charge in [-0.25, -0.2) is 0 Å². The number of nitrogens with zero attached hydrogens (tertiary/aromatic N) is 3. The van der Waals surface area contributed by atoms with Crippen molar-refractivity contribution < 1.29 is 9.72 Å². The highest BCUT2D eigenvalue weighted by Gasteiger charge is 2.22. The number of nitro groups is 1. The van der Waals surface area contributed by atoms with E-state index >= 15 is 0 Å². The van der Waals surface area contributed by atoms with Crippen LogP contribution < -0.4 is 10.2 Å². The molecule has 0 saturated carbocycles. The number of carbonyl (C=O) groups excluding carboxylic acids is 1. The average molecular weight is 431 g/mol. The van der Waals surface area contributed by atoms with E-state index in [9.17, 15) is 14.9 Å². The monoisotopic (exact) mass is 430 g/mol. The molecular weight excluding hydrogens is 404 g/mol. The number of nitrogens with one attached hydrogen (secondary N) is 1. The SMILES string of the molecule is CC(C(=O)Nc1ccc([N+](=O)[O-])cc1Cl)N(C)Cc1ccccc1N1CCCCC1. The molecule has 2 aromatic rings. The van der Waals surface area contributed by atoms with Crippen molar-refractivity contribution in [3.8, 4) is 0 Å². The van der Waals surface area contributed by atoms with Gasteiger partial charge in [0.2, 0.25) is 5.91 Å². The van der Waals surface area contributed by atoms with Crippen LogP contribution in [0.2, 0.25) is 5.02 Å². The van der Waals surface area contributed by atoms with E-state index < -0.39 is 11.0 Å². The summed E-state index contributed by atoms with van der Waals surface area (Å²) in [5.74, 6) is -0.219. The van der Waals surface area contributed by atoms with Crippen LogP contribution in [0, 0.1) is 10.1 Å². The highest BCUT2D eigenvalue weighted by atomic mass is 35.5. The van der Waals surface area contributed by atoms with Crippen LogP contribution in [0.25, 0.3) is 0 Å². The zero-order valence-electron chi connectivity index (χ0n) is 17.3. The minimum Gasteiger partial charge on any atom is -0.371 e. The number of likely N-dealkylation sites (N-methyl/N-ethyl adjacent to an activating group) is 1. The third kappa shape index (κ3) is 5.29. The molecule has 160 valence electrons. The van der Waals surface area contributed by atoms with Crippen LogP contribution in [0.5, 0.6) is 0 Å². The number of amides is 1. The van der Waals surface area contributed by atoms with E-state index in [1.165, 1.54) is 48.7 Å². The Labute approximate surface area is 181 Å². The predicted octanol–water partition coefficient (Wildman–Crippen LogP) is 4.70. The van der Waals surface area contributed by atoms with Gasteiger partial charge < -0.3 is 10.2 Å². The zero-order chi connectivity index (χ0) is 21.7. The number of carbonyl (C=O) groups is 1. The van der Waals surface area contributed by atoms with Gasteiger partial charge in [-0.15, -0.1) is 0 Å². The lowest BCUT2D eigenvalue weighted by molar-refractivity contribution is -0.384. The van der Waals surface area contributed by atoms with Gasteiger partial charge in [0, 0.05) is 37.5 Å². The van der Waals surface area contributed by atoms with E-state index in [4.69, 9.17) is 11.6 Å². The number of hydrogen-bond donors (Lipinski definition) is 1. The van der Waals surface area contributed by atoms with Crippen molar-refractivity contribution in [2.45, 2.75) is 38.8 Å². The van der Waals surface area contributed by atoms with Crippen LogP contribution >= 0.6 is 11.6 Å². The molecule has 0 aromatic heterocycles. The fourth-order valence-corrected chi connectivity index (χ4v) is 3.87. The Kier molecular flexibility index (Phi) is 7.29. The number of rotatable bonds is 7. The Morgan fingerprint density at radius 1 is 1.23 bits per heavy atom. The van der Waals surface area contributed by atoms with Gasteiger partial charge in [-0.3, -0.25) is 19.8 Å². The summed E-state index contributed by atoms with van der Waals surface area (Å²) < 4.78 is 0. The topological polar surface area (TPSA) is 78.7 Å². The van der Waals surface area contributed by atoms with Crippen LogP contribution in [-0.2, 0) is 11.3 Å². The third-order valence-electron chi connectivity index (χ3n) is 5.57. The molecule has 1 N–H and O–H groups in total. The van der Waals surface area contributed by atoms with Crippen LogP contribution in [0.3, 0.4) is 0 Å². The summed E-state index contributed by atoms with van der Waals surface area (Å²) in [5, 5.41) is 13.8. The predicted molar refractivity (Wildman–Crippen MR) is 120 cm³/mol. The number of piperidine rings is 1. The van der Waals surface area contributed by atoms with Gasteiger partial charge in [0.15, 0.2) is 0 Å². The second-order valence-corrected chi connectivity index (χ2v) is 8.09. The summed E-state index contributed by atoms with van der Waals surface area (Å²) in [5.41, 5.74) is 2.67. The Morgan fingerprint density at radius 3 is 2.60 bits per heavy atom. The summed E-state index contributed by atoms with van der Waals surface area (Å²) in [6.45, 7) is 4.60. The normalized spacial score (nSPS) is 15.1. The molecule has 7 nitrogen and oxygen atoms in total. The molecule has 1 fully saturated rings. The van der Waals surface area contributed by atoms with E-state index in [2.05, 4.69) is 28.4 Å². The third-order valence-corrected chi connectivity index (χ3v) is 5.88. The first kappa shape index (κ1) is 22.1. The average Bonchev–Trinajstić information content (AvgIpc) is 2.75. The second kappa shape index (κ2) is 9.91. The number of anilines is 2. The lowest BCUT2D eigenvalue weighted by Gasteiger charge is -2.32. The van der Waals surface area contributed by atoms with Crippen molar-refractivity contribution in [3.05, 3.63) is 63.2 Å². The van der Waals surface area contributed by atoms with Gasteiger partial charge in [-0.1, -0.05) is 29.8 Å². The first-order chi connectivity index (χ1) is 14.4. The molecule has 30 heavy (non-hydrogen) atoms. The molecule has 1 aliphatic heterocycles. The summed E-state index contributed by atoms with van der Waals surface area (Å²) in [4.78, 5) is 27.5. The molecule has 2 aromatic carbocycles. The molecular formula is C22H27ClN4O3. The van der Waals surface area contributed by atoms with E-state index in [0.29, 0.717) is 12.2 Å². The molecule has 1 saturated heterocycles. The van der Waals surface area contributed by atoms with Crippen LogP contribution in [-0.4, -0.2) is 41.9 Å². The lowest BCUT2D eigenvalue weighted by Crippen LogP contribution is -2.39. The Morgan fingerprint density at radius 2 is 1.93 bits per heavy atom. The smallest absolute Gasteiger partial charge is 0.271 e. The van der Waals surface area contributed by atoms with Gasteiger partial charge in [-0.2, -0.15) is 0 Å². The highest BCUT2D eigenvalue weighted by molar-refractivity contribution is 6.34. The number of halogens is 1. The maximum Gasteiger partial charge on any atom is 0.271 e. The highest BCUT2D eigenvalue weighted by Crippen LogP contribution is 2.28. The quantitative estimate of drug-likeness (QED) is 0.509. The van der Waals surface area contributed by atoms with Crippen molar-refractivity contribution in [3.63, 3.8) is 0 Å². The minimum atomic E-state index is -0.520. The first-order valence-corrected chi connectivity index (χ1v) is 10.5. The molecule has 8 heteroatoms. The van der Waals surface area contributed by atoms with Crippen LogP contribution in [0.1, 0.15) is 31.7 Å². The number of benzene rings is 2. The van der Waals surface area contributed by atoms with Crippen LogP contribution in [0.15, 0.2) is 42.5 Å². The van der Waals surface area contributed by atoms with Crippen molar-refractivity contribution in [1.29, 1.82) is 0 Å². The van der Waals surface area contributed by atoms with Gasteiger partial charge in [-0.05, 0) is 50.9 Å². The van der Waals surface area contributed by atoms with E-state index in [1.807, 2.05) is 24.9 Å². The van der Waals surface area contributed by atoms with E-state index in [0.717, 1.165) is 13.1 Å². The minimum absolute atomic E-state index is 0.113. The van der Waals surface area contributed by atoms with E-state index in [1.54, 1.807) is 0 Å². The molecule has 0 spiro atoms. The molecule has 1 unspecified atom stereocenters. The Bertz CT molecular complexity index is 915. The zero-order valence-corrected chi connectivity index (χ0v) is 18.1. The second-order valence-electron chi connectivity index (χ2n) is 7.68. The fourth-order valence-electron chi connectivity index (χ4n) is 3.65. The van der Waals surface area contributed by atoms with Gasteiger partial charge in [0.1, 0.15) is 0 Å². The number of nitro benzene ring substituents is 1. The maximum atomic E-state index is 12.7. The number of non-ortho nitro benzene ring substituents is 1. The van der Waals surface area contributed by atoms with Crippen molar-refractivity contribution >= 4 is 34.6 Å². The van der Waals surface area contributed by atoms with Gasteiger partial charge in [0.05, 0.1) is 21.7 Å². The molecule has 0 aliphatic carbocycles. The summed E-state index contributed by atoms with van der Waals surface area (Å²) in [6, 6.07) is 11.9. The fraction of sp³-hybridized carbons (Fsp3) is 0.409. The molecule has 1 aliphatic rings. The summed E-state index contributed by atoms with van der Waals surface area (Å²) >= 11 is 6.10. The molecule has 3 rings (SSSR count). The van der Waals surface area contributed by atoms with Gasteiger partial charge in [0.25, 0.3) is 5.69 Å². The first-order valence-electron chi connectivity index (χ1n) is 10.1. The van der Waals surface area contributed by atoms with Crippen molar-refractivity contribution in [1.82, 2.24) is 4.90 Å². The molecule has 1 atom stereocenters. The Balaban J connectivity index is 1.67. The van der Waals surface area contributed by atoms with Crippen molar-refractivity contribution in [2.24, 2.45) is 0 Å². The maximum absolute atomic E-state index is 12.7. The molecule has 1 heterocycles. The standard InChI is InChI=1S/C22H27ClN4O3/c1-16(22(28)24-20-11-10-18(27(29)30)14-19(20)23)25(2)15-17-8-4-5-9-21(17)26-12-6-3-7-13-26/h4-5,8-11,14,16H,3,6-7,12-13,15H2,1-2H3,(H,24,28). The largest absolute Gasteiger partial charge is 0.371 e. The van der Waals surface area contributed by atoms with Crippen molar-refractivity contribution in [2.75, 3.05) is 30.4 Å². The van der Waals surface area contributed by atoms with E-state index in [-0.39, 0.29) is 16.6 Å².